The average molecular weight is 248 g/mol. The van der Waals surface area contributed by atoms with Gasteiger partial charge in [0.15, 0.2) is 0 Å². The van der Waals surface area contributed by atoms with Gasteiger partial charge in [0.1, 0.15) is 6.04 Å². The molecule has 98 valence electrons. The Morgan fingerprint density at radius 1 is 1.50 bits per heavy atom. The predicted octanol–water partition coefficient (Wildman–Crippen LogP) is 0.928. The molecule has 0 bridgehead atoms. The van der Waals surface area contributed by atoms with Gasteiger partial charge in [-0.1, -0.05) is 19.1 Å². The van der Waals surface area contributed by atoms with Gasteiger partial charge < -0.3 is 15.3 Å². The highest BCUT2D eigenvalue weighted by molar-refractivity contribution is 5.97. The molecule has 2 atom stereocenters. The van der Waals surface area contributed by atoms with Crippen molar-refractivity contribution in [1.29, 1.82) is 0 Å². The number of nitrogens with one attached hydrogen (secondary N) is 1. The first kappa shape index (κ1) is 13.1. The lowest BCUT2D eigenvalue weighted by molar-refractivity contribution is -0.121. The van der Waals surface area contributed by atoms with E-state index in [1.54, 1.807) is 4.90 Å². The minimum absolute atomic E-state index is 0.0487. The summed E-state index contributed by atoms with van der Waals surface area (Å²) in [7, 11) is 0. The zero-order chi connectivity index (χ0) is 13.1. The fourth-order valence-corrected chi connectivity index (χ4v) is 2.26. The average Bonchev–Trinajstić information content (AvgIpc) is 2.49. The standard InChI is InChI=1S/C14H20N2O2/c1-10-4-3-5-12(6-10)16-8-11(2)7-15-13(9-17)14(16)18/h3-6,11,13,15,17H,7-9H2,1-2H3. The quantitative estimate of drug-likeness (QED) is 0.818. The Morgan fingerprint density at radius 3 is 2.94 bits per heavy atom. The zero-order valence-electron chi connectivity index (χ0n) is 10.9. The van der Waals surface area contributed by atoms with Crippen LogP contribution in [0.4, 0.5) is 5.69 Å². The number of hydrogen-bond acceptors (Lipinski definition) is 3. The number of amides is 1. The van der Waals surface area contributed by atoms with Crippen LogP contribution in [-0.2, 0) is 4.79 Å². The molecule has 1 fully saturated rings. The molecule has 1 amide bonds. The summed E-state index contributed by atoms with van der Waals surface area (Å²) in [6.07, 6.45) is 0. The maximum absolute atomic E-state index is 12.3. The highest BCUT2D eigenvalue weighted by Crippen LogP contribution is 2.20. The van der Waals surface area contributed by atoms with Crippen molar-refractivity contribution in [3.8, 4) is 0 Å². The monoisotopic (exact) mass is 248 g/mol. The van der Waals surface area contributed by atoms with Crippen molar-refractivity contribution in [2.24, 2.45) is 5.92 Å². The van der Waals surface area contributed by atoms with Crippen LogP contribution < -0.4 is 10.2 Å². The van der Waals surface area contributed by atoms with Crippen molar-refractivity contribution in [1.82, 2.24) is 5.32 Å². The molecular formula is C14H20N2O2. The number of carbonyl (C=O) groups is 1. The molecule has 2 rings (SSSR count). The third-order valence-electron chi connectivity index (χ3n) is 3.27. The molecule has 2 unspecified atom stereocenters. The number of aliphatic hydroxyl groups excluding tert-OH is 1. The van der Waals surface area contributed by atoms with Crippen LogP contribution in [0.1, 0.15) is 12.5 Å². The van der Waals surface area contributed by atoms with Crippen molar-refractivity contribution in [2.45, 2.75) is 19.9 Å². The highest BCUT2D eigenvalue weighted by atomic mass is 16.3. The molecule has 0 spiro atoms. The number of nitrogens with zero attached hydrogens (tertiary/aromatic N) is 1. The van der Waals surface area contributed by atoms with Gasteiger partial charge >= 0.3 is 0 Å². The summed E-state index contributed by atoms with van der Waals surface area (Å²) in [6, 6.07) is 7.42. The van der Waals surface area contributed by atoms with E-state index in [1.165, 1.54) is 0 Å². The SMILES string of the molecule is Cc1cccc(N2CC(C)CNC(CO)C2=O)c1. The summed E-state index contributed by atoms with van der Waals surface area (Å²) in [5.41, 5.74) is 2.04. The zero-order valence-corrected chi connectivity index (χ0v) is 10.9. The summed E-state index contributed by atoms with van der Waals surface area (Å²) in [5, 5.41) is 12.4. The van der Waals surface area contributed by atoms with Gasteiger partial charge in [-0.25, -0.2) is 0 Å². The third kappa shape index (κ3) is 2.71. The van der Waals surface area contributed by atoms with E-state index >= 15 is 0 Å². The Bertz CT molecular complexity index is 434. The fraction of sp³-hybridized carbons (Fsp3) is 0.500. The first-order valence-electron chi connectivity index (χ1n) is 6.34. The van der Waals surface area contributed by atoms with Crippen molar-refractivity contribution < 1.29 is 9.90 Å². The molecule has 1 saturated heterocycles. The van der Waals surface area contributed by atoms with E-state index in [0.717, 1.165) is 17.8 Å². The second-order valence-electron chi connectivity index (χ2n) is 5.04. The Balaban J connectivity index is 2.30. The Morgan fingerprint density at radius 2 is 2.28 bits per heavy atom. The summed E-state index contributed by atoms with van der Waals surface area (Å²) < 4.78 is 0. The van der Waals surface area contributed by atoms with Crippen LogP contribution >= 0.6 is 0 Å². The van der Waals surface area contributed by atoms with Gasteiger partial charge in [0, 0.05) is 18.8 Å². The van der Waals surface area contributed by atoms with Gasteiger partial charge in [-0.05, 0) is 30.5 Å². The summed E-state index contributed by atoms with van der Waals surface area (Å²) in [6.45, 7) is 5.39. The molecule has 1 aromatic rings. The third-order valence-corrected chi connectivity index (χ3v) is 3.27. The summed E-state index contributed by atoms with van der Waals surface area (Å²) >= 11 is 0. The molecule has 0 saturated carbocycles. The van der Waals surface area contributed by atoms with Gasteiger partial charge in [0.25, 0.3) is 0 Å². The van der Waals surface area contributed by atoms with Gasteiger partial charge in [-0.3, -0.25) is 4.79 Å². The summed E-state index contributed by atoms with van der Waals surface area (Å²) in [4.78, 5) is 14.1. The molecule has 1 heterocycles. The van der Waals surface area contributed by atoms with E-state index in [4.69, 9.17) is 0 Å². The fourth-order valence-electron chi connectivity index (χ4n) is 2.26. The van der Waals surface area contributed by atoms with E-state index in [9.17, 15) is 9.90 Å². The van der Waals surface area contributed by atoms with Crippen LogP contribution in [0.25, 0.3) is 0 Å². The molecular weight excluding hydrogens is 228 g/mol. The first-order chi connectivity index (χ1) is 8.61. The van der Waals surface area contributed by atoms with E-state index in [-0.39, 0.29) is 12.5 Å². The molecule has 2 N–H and O–H groups in total. The van der Waals surface area contributed by atoms with E-state index in [1.807, 2.05) is 31.2 Å². The molecule has 4 nitrogen and oxygen atoms in total. The van der Waals surface area contributed by atoms with Crippen molar-refractivity contribution in [2.75, 3.05) is 24.6 Å². The van der Waals surface area contributed by atoms with E-state index < -0.39 is 6.04 Å². The Hall–Kier alpha value is -1.39. The highest BCUT2D eigenvalue weighted by Gasteiger charge is 2.29. The van der Waals surface area contributed by atoms with Crippen LogP contribution in [0.15, 0.2) is 24.3 Å². The molecule has 1 aliphatic rings. The Labute approximate surface area is 108 Å². The molecule has 0 aliphatic carbocycles. The second-order valence-corrected chi connectivity index (χ2v) is 5.04. The normalized spacial score (nSPS) is 25.1. The van der Waals surface area contributed by atoms with E-state index in [2.05, 4.69) is 12.2 Å². The van der Waals surface area contributed by atoms with Crippen LogP contribution in [0.2, 0.25) is 0 Å². The Kier molecular flexibility index (Phi) is 3.99. The minimum atomic E-state index is -0.490. The van der Waals surface area contributed by atoms with Gasteiger partial charge in [-0.15, -0.1) is 0 Å². The van der Waals surface area contributed by atoms with Crippen LogP contribution in [0.3, 0.4) is 0 Å². The van der Waals surface area contributed by atoms with Gasteiger partial charge in [0.05, 0.1) is 6.61 Å². The van der Waals surface area contributed by atoms with Crippen molar-refractivity contribution >= 4 is 11.6 Å². The molecule has 1 aromatic carbocycles. The first-order valence-corrected chi connectivity index (χ1v) is 6.34. The van der Waals surface area contributed by atoms with Gasteiger partial charge in [-0.2, -0.15) is 0 Å². The lowest BCUT2D eigenvalue weighted by Gasteiger charge is -2.25. The number of aliphatic hydroxyl groups is 1. The number of benzene rings is 1. The van der Waals surface area contributed by atoms with Crippen LogP contribution in [0.5, 0.6) is 0 Å². The topological polar surface area (TPSA) is 52.6 Å². The molecule has 18 heavy (non-hydrogen) atoms. The molecule has 4 heteroatoms. The smallest absolute Gasteiger partial charge is 0.246 e. The lowest BCUT2D eigenvalue weighted by Crippen LogP contribution is -2.46. The van der Waals surface area contributed by atoms with Crippen molar-refractivity contribution in [3.05, 3.63) is 29.8 Å². The molecule has 0 aromatic heterocycles. The van der Waals surface area contributed by atoms with Crippen LogP contribution in [0, 0.1) is 12.8 Å². The second kappa shape index (κ2) is 5.50. The lowest BCUT2D eigenvalue weighted by atomic mass is 10.1. The summed E-state index contributed by atoms with van der Waals surface area (Å²) in [5.74, 6) is 0.318. The largest absolute Gasteiger partial charge is 0.394 e. The maximum atomic E-state index is 12.3. The molecule has 0 radical (unpaired) electrons. The minimum Gasteiger partial charge on any atom is -0.394 e. The van der Waals surface area contributed by atoms with Crippen molar-refractivity contribution in [3.63, 3.8) is 0 Å². The maximum Gasteiger partial charge on any atom is 0.246 e. The number of aryl methyl sites for hydroxylation is 1. The molecule has 1 aliphatic heterocycles. The number of carbonyl (C=O) groups excluding carboxylic acids is 1. The number of rotatable bonds is 2. The number of hydrogen-bond donors (Lipinski definition) is 2. The number of anilines is 1. The van der Waals surface area contributed by atoms with Crippen LogP contribution in [-0.4, -0.2) is 36.8 Å². The predicted molar refractivity (Wildman–Crippen MR) is 71.6 cm³/mol. The van der Waals surface area contributed by atoms with Gasteiger partial charge in [0.2, 0.25) is 5.91 Å². The van der Waals surface area contributed by atoms with E-state index in [0.29, 0.717) is 12.5 Å².